The molecule has 0 fully saturated rings. The van der Waals surface area contributed by atoms with Gasteiger partial charge in [0.05, 0.1) is 16.1 Å². The highest BCUT2D eigenvalue weighted by Gasteiger charge is 2.08. The molecule has 96 valence electrons. The zero-order valence-electron chi connectivity index (χ0n) is 10.6. The van der Waals surface area contributed by atoms with Gasteiger partial charge in [0.2, 0.25) is 0 Å². The van der Waals surface area contributed by atoms with Gasteiger partial charge in [0.15, 0.2) is 0 Å². The first kappa shape index (κ1) is 12.2. The van der Waals surface area contributed by atoms with E-state index in [-0.39, 0.29) is 5.02 Å². The first-order chi connectivity index (χ1) is 9.04. The molecule has 4 heteroatoms. The third-order valence-corrected chi connectivity index (χ3v) is 3.58. The Balaban J connectivity index is 2.17. The van der Waals surface area contributed by atoms with Crippen LogP contribution in [0.4, 0.5) is 4.39 Å². The molecule has 0 bridgehead atoms. The van der Waals surface area contributed by atoms with E-state index in [1.54, 1.807) is 12.1 Å². The molecule has 0 amide bonds. The summed E-state index contributed by atoms with van der Waals surface area (Å²) in [5.41, 5.74) is 5.05. The lowest BCUT2D eigenvalue weighted by molar-refractivity contribution is 0.628. The minimum atomic E-state index is -0.423. The van der Waals surface area contributed by atoms with Crippen molar-refractivity contribution < 1.29 is 4.39 Å². The predicted molar refractivity (Wildman–Crippen MR) is 76.0 cm³/mol. The Morgan fingerprint density at radius 1 is 1.11 bits per heavy atom. The Morgan fingerprint density at radius 3 is 2.58 bits per heavy atom. The number of imidazole rings is 1. The molecule has 0 atom stereocenters. The summed E-state index contributed by atoms with van der Waals surface area (Å²) in [5.74, 6) is 0.273. The van der Waals surface area contributed by atoms with Gasteiger partial charge in [-0.2, -0.15) is 0 Å². The Morgan fingerprint density at radius 2 is 1.84 bits per heavy atom. The summed E-state index contributed by atoms with van der Waals surface area (Å²) >= 11 is 5.80. The van der Waals surface area contributed by atoms with Crippen LogP contribution in [0.15, 0.2) is 30.3 Å². The van der Waals surface area contributed by atoms with Gasteiger partial charge >= 0.3 is 0 Å². The SMILES string of the molecule is Cc1cc2nc(-c3ccc(F)c(Cl)c3)[nH]c2cc1C. The van der Waals surface area contributed by atoms with Crippen LogP contribution in [-0.2, 0) is 0 Å². The Bertz CT molecular complexity index is 738. The van der Waals surface area contributed by atoms with E-state index >= 15 is 0 Å². The summed E-state index contributed by atoms with van der Waals surface area (Å²) in [5, 5.41) is 0.102. The molecule has 1 N–H and O–H groups in total. The number of aromatic amines is 1. The number of H-pyrrole nitrogens is 1. The van der Waals surface area contributed by atoms with Crippen LogP contribution in [0.3, 0.4) is 0 Å². The maximum Gasteiger partial charge on any atom is 0.141 e. The van der Waals surface area contributed by atoms with Gasteiger partial charge in [-0.15, -0.1) is 0 Å². The summed E-state index contributed by atoms with van der Waals surface area (Å²) in [6.07, 6.45) is 0. The minimum Gasteiger partial charge on any atom is -0.338 e. The van der Waals surface area contributed by atoms with E-state index in [4.69, 9.17) is 11.6 Å². The number of aromatic nitrogens is 2. The number of fused-ring (bicyclic) bond motifs is 1. The van der Waals surface area contributed by atoms with Crippen molar-refractivity contribution in [1.29, 1.82) is 0 Å². The molecule has 0 saturated carbocycles. The second kappa shape index (κ2) is 4.35. The van der Waals surface area contributed by atoms with Crippen LogP contribution >= 0.6 is 11.6 Å². The summed E-state index contributed by atoms with van der Waals surface area (Å²) in [6.45, 7) is 4.11. The van der Waals surface area contributed by atoms with Gasteiger partial charge in [-0.25, -0.2) is 9.37 Å². The predicted octanol–water partition coefficient (Wildman–Crippen LogP) is 4.64. The summed E-state index contributed by atoms with van der Waals surface area (Å²) in [7, 11) is 0. The number of nitrogens with zero attached hydrogens (tertiary/aromatic N) is 1. The number of hydrogen-bond donors (Lipinski definition) is 1. The number of halogens is 2. The quantitative estimate of drug-likeness (QED) is 0.688. The maximum absolute atomic E-state index is 13.2. The zero-order valence-corrected chi connectivity index (χ0v) is 11.3. The highest BCUT2D eigenvalue weighted by Crippen LogP contribution is 2.26. The average Bonchev–Trinajstić information content (AvgIpc) is 2.76. The zero-order chi connectivity index (χ0) is 13.6. The lowest BCUT2D eigenvalue weighted by Gasteiger charge is -1.98. The van der Waals surface area contributed by atoms with Gasteiger partial charge in [0.1, 0.15) is 11.6 Å². The summed E-state index contributed by atoms with van der Waals surface area (Å²) < 4.78 is 13.2. The first-order valence-electron chi connectivity index (χ1n) is 5.97. The molecule has 19 heavy (non-hydrogen) atoms. The van der Waals surface area contributed by atoms with Crippen LogP contribution in [0.1, 0.15) is 11.1 Å². The van der Waals surface area contributed by atoms with Gasteiger partial charge < -0.3 is 4.98 Å². The lowest BCUT2D eigenvalue weighted by Crippen LogP contribution is -1.82. The number of rotatable bonds is 1. The van der Waals surface area contributed by atoms with E-state index in [9.17, 15) is 4.39 Å². The van der Waals surface area contributed by atoms with Crippen molar-refractivity contribution in [2.75, 3.05) is 0 Å². The number of benzene rings is 2. The number of nitrogens with one attached hydrogen (secondary N) is 1. The third kappa shape index (κ3) is 2.10. The normalized spacial score (nSPS) is 11.2. The second-order valence-electron chi connectivity index (χ2n) is 4.67. The molecule has 2 nitrogen and oxygen atoms in total. The monoisotopic (exact) mass is 274 g/mol. The van der Waals surface area contributed by atoms with E-state index < -0.39 is 5.82 Å². The van der Waals surface area contributed by atoms with Crippen LogP contribution in [-0.4, -0.2) is 9.97 Å². The summed E-state index contributed by atoms with van der Waals surface area (Å²) in [6, 6.07) is 8.69. The van der Waals surface area contributed by atoms with Gasteiger partial charge in [0, 0.05) is 5.56 Å². The lowest BCUT2D eigenvalue weighted by atomic mass is 10.1. The Kier molecular flexibility index (Phi) is 2.79. The van der Waals surface area contributed by atoms with Gasteiger partial charge in [-0.05, 0) is 55.3 Å². The highest BCUT2D eigenvalue weighted by atomic mass is 35.5. The van der Waals surface area contributed by atoms with Crippen LogP contribution in [0.25, 0.3) is 22.4 Å². The first-order valence-corrected chi connectivity index (χ1v) is 6.35. The average molecular weight is 275 g/mol. The molecule has 0 unspecified atom stereocenters. The molecular weight excluding hydrogens is 263 g/mol. The highest BCUT2D eigenvalue weighted by molar-refractivity contribution is 6.31. The molecule has 1 heterocycles. The standard InChI is InChI=1S/C15H12ClFN2/c1-8-5-13-14(6-9(8)2)19-15(18-13)10-3-4-12(17)11(16)7-10/h3-7H,1-2H3,(H,18,19). The maximum atomic E-state index is 13.2. The Hall–Kier alpha value is -1.87. The molecule has 3 aromatic rings. The van der Waals surface area contributed by atoms with Crippen LogP contribution in [0, 0.1) is 19.7 Å². The Labute approximate surface area is 115 Å². The molecule has 1 aromatic heterocycles. The van der Waals surface area contributed by atoms with Crippen molar-refractivity contribution in [1.82, 2.24) is 9.97 Å². The molecule has 0 aliphatic carbocycles. The van der Waals surface area contributed by atoms with Crippen molar-refractivity contribution in [2.45, 2.75) is 13.8 Å². The smallest absolute Gasteiger partial charge is 0.141 e. The molecule has 0 saturated heterocycles. The molecular formula is C15H12ClFN2. The topological polar surface area (TPSA) is 28.7 Å². The number of hydrogen-bond acceptors (Lipinski definition) is 1. The molecule has 0 aliphatic rings. The van der Waals surface area contributed by atoms with E-state index in [2.05, 4.69) is 29.9 Å². The van der Waals surface area contributed by atoms with Gasteiger partial charge in [-0.3, -0.25) is 0 Å². The van der Waals surface area contributed by atoms with Crippen molar-refractivity contribution in [3.05, 3.63) is 52.3 Å². The molecule has 0 aliphatic heterocycles. The minimum absolute atomic E-state index is 0.102. The van der Waals surface area contributed by atoms with Crippen molar-refractivity contribution >= 4 is 22.6 Å². The third-order valence-electron chi connectivity index (χ3n) is 3.29. The fourth-order valence-electron chi connectivity index (χ4n) is 2.05. The van der Waals surface area contributed by atoms with E-state index in [0.29, 0.717) is 5.82 Å². The molecule has 3 rings (SSSR count). The largest absolute Gasteiger partial charge is 0.338 e. The molecule has 0 spiro atoms. The van der Waals surface area contributed by atoms with Gasteiger partial charge in [-0.1, -0.05) is 11.6 Å². The van der Waals surface area contributed by atoms with E-state index in [1.165, 1.54) is 17.2 Å². The second-order valence-corrected chi connectivity index (χ2v) is 5.08. The fraction of sp³-hybridized carbons (Fsp3) is 0.133. The summed E-state index contributed by atoms with van der Waals surface area (Å²) in [4.78, 5) is 7.75. The fourth-order valence-corrected chi connectivity index (χ4v) is 2.23. The van der Waals surface area contributed by atoms with E-state index in [0.717, 1.165) is 16.6 Å². The van der Waals surface area contributed by atoms with Crippen molar-refractivity contribution in [2.24, 2.45) is 0 Å². The van der Waals surface area contributed by atoms with Gasteiger partial charge in [0.25, 0.3) is 0 Å². The van der Waals surface area contributed by atoms with E-state index in [1.807, 2.05) is 6.07 Å². The van der Waals surface area contributed by atoms with Crippen LogP contribution < -0.4 is 0 Å². The van der Waals surface area contributed by atoms with Crippen LogP contribution in [0.5, 0.6) is 0 Å². The molecule has 2 aromatic carbocycles. The molecule has 0 radical (unpaired) electrons. The number of aryl methyl sites for hydroxylation is 2. The van der Waals surface area contributed by atoms with Crippen LogP contribution in [0.2, 0.25) is 5.02 Å². The van der Waals surface area contributed by atoms with Crippen molar-refractivity contribution in [3.63, 3.8) is 0 Å². The van der Waals surface area contributed by atoms with Crippen molar-refractivity contribution in [3.8, 4) is 11.4 Å².